The summed E-state index contributed by atoms with van der Waals surface area (Å²) in [5.41, 5.74) is 0.219. The van der Waals surface area contributed by atoms with E-state index in [-0.39, 0.29) is 16.9 Å². The minimum Gasteiger partial charge on any atom is -0.351 e. The zero-order valence-corrected chi connectivity index (χ0v) is 14.4. The molecule has 1 fully saturated rings. The van der Waals surface area contributed by atoms with E-state index in [0.717, 1.165) is 18.2 Å². The molecule has 0 bridgehead atoms. The Morgan fingerprint density at radius 1 is 1.30 bits per heavy atom. The first-order valence-corrected chi connectivity index (χ1v) is 8.77. The molecule has 20 heavy (non-hydrogen) atoms. The molecule has 0 radical (unpaired) electrons. The van der Waals surface area contributed by atoms with Gasteiger partial charge in [-0.1, -0.05) is 51.1 Å². The van der Waals surface area contributed by atoms with E-state index < -0.39 is 5.82 Å². The SMILES string of the molecule is O=C(NCC1(CBr)CCCCC1)c1cc(Br)ccc1F. The van der Waals surface area contributed by atoms with Crippen LogP contribution < -0.4 is 5.32 Å². The Morgan fingerprint density at radius 2 is 2.00 bits per heavy atom. The van der Waals surface area contributed by atoms with E-state index in [1.807, 2.05) is 0 Å². The quantitative estimate of drug-likeness (QED) is 0.723. The third-order valence-corrected chi connectivity index (χ3v) is 5.68. The van der Waals surface area contributed by atoms with Crippen molar-refractivity contribution in [2.24, 2.45) is 5.41 Å². The Labute approximate surface area is 135 Å². The lowest BCUT2D eigenvalue weighted by Crippen LogP contribution is -2.40. The molecule has 0 spiro atoms. The van der Waals surface area contributed by atoms with Gasteiger partial charge in [0.2, 0.25) is 0 Å². The number of carbonyl (C=O) groups is 1. The topological polar surface area (TPSA) is 29.1 Å². The zero-order valence-electron chi connectivity index (χ0n) is 11.2. The number of nitrogens with one attached hydrogen (secondary N) is 1. The monoisotopic (exact) mass is 405 g/mol. The first-order valence-electron chi connectivity index (χ1n) is 6.86. The van der Waals surface area contributed by atoms with Gasteiger partial charge in [0.15, 0.2) is 0 Å². The van der Waals surface area contributed by atoms with Crippen molar-refractivity contribution in [2.75, 3.05) is 11.9 Å². The Balaban J connectivity index is 2.02. The second-order valence-electron chi connectivity index (χ2n) is 5.50. The van der Waals surface area contributed by atoms with Crippen LogP contribution in [0.2, 0.25) is 0 Å². The summed E-state index contributed by atoms with van der Waals surface area (Å²) in [6.45, 7) is 0.600. The van der Waals surface area contributed by atoms with Gasteiger partial charge in [0, 0.05) is 16.3 Å². The van der Waals surface area contributed by atoms with Gasteiger partial charge in [-0.15, -0.1) is 0 Å². The Morgan fingerprint density at radius 3 is 2.65 bits per heavy atom. The predicted molar refractivity (Wildman–Crippen MR) is 85.7 cm³/mol. The van der Waals surface area contributed by atoms with Crippen LogP contribution in [0.3, 0.4) is 0 Å². The number of carbonyl (C=O) groups excluding carboxylic acids is 1. The van der Waals surface area contributed by atoms with Gasteiger partial charge in [-0.25, -0.2) is 4.39 Å². The fraction of sp³-hybridized carbons (Fsp3) is 0.533. The first-order chi connectivity index (χ1) is 9.56. The van der Waals surface area contributed by atoms with Crippen LogP contribution in [0.1, 0.15) is 42.5 Å². The van der Waals surface area contributed by atoms with Gasteiger partial charge in [-0.05, 0) is 36.5 Å². The van der Waals surface area contributed by atoms with Crippen LogP contribution in [0.5, 0.6) is 0 Å². The molecule has 1 aliphatic carbocycles. The summed E-state index contributed by atoms with van der Waals surface area (Å²) in [5, 5.41) is 3.77. The van der Waals surface area contributed by atoms with Gasteiger partial charge in [-0.2, -0.15) is 0 Å². The lowest BCUT2D eigenvalue weighted by molar-refractivity contribution is 0.0918. The second kappa shape index (κ2) is 7.03. The van der Waals surface area contributed by atoms with Gasteiger partial charge in [0.25, 0.3) is 5.91 Å². The molecular formula is C15H18Br2FNO. The highest BCUT2D eigenvalue weighted by atomic mass is 79.9. The lowest BCUT2D eigenvalue weighted by atomic mass is 9.75. The van der Waals surface area contributed by atoms with E-state index in [4.69, 9.17) is 0 Å². The fourth-order valence-corrected chi connectivity index (χ4v) is 3.81. The van der Waals surface area contributed by atoms with Crippen LogP contribution in [0.15, 0.2) is 22.7 Å². The Bertz CT molecular complexity index is 487. The van der Waals surface area contributed by atoms with Crippen molar-refractivity contribution in [3.8, 4) is 0 Å². The average molecular weight is 407 g/mol. The van der Waals surface area contributed by atoms with E-state index >= 15 is 0 Å². The number of benzene rings is 1. The van der Waals surface area contributed by atoms with Crippen molar-refractivity contribution in [3.63, 3.8) is 0 Å². The van der Waals surface area contributed by atoms with E-state index in [2.05, 4.69) is 37.2 Å². The molecule has 1 saturated carbocycles. The number of alkyl halides is 1. The molecule has 1 aliphatic rings. The van der Waals surface area contributed by atoms with Crippen molar-refractivity contribution in [3.05, 3.63) is 34.1 Å². The molecule has 1 amide bonds. The predicted octanol–water partition coefficient (Wildman–Crippen LogP) is 4.66. The molecule has 5 heteroatoms. The lowest BCUT2D eigenvalue weighted by Gasteiger charge is -2.35. The van der Waals surface area contributed by atoms with Crippen LogP contribution in [-0.2, 0) is 0 Å². The number of halogens is 3. The normalized spacial score (nSPS) is 17.8. The van der Waals surface area contributed by atoms with E-state index in [1.165, 1.54) is 31.4 Å². The highest BCUT2D eigenvalue weighted by Gasteiger charge is 2.31. The number of amides is 1. The molecule has 0 atom stereocenters. The summed E-state index contributed by atoms with van der Waals surface area (Å²) in [6, 6.07) is 4.42. The van der Waals surface area contributed by atoms with Crippen LogP contribution in [0.4, 0.5) is 4.39 Å². The highest BCUT2D eigenvalue weighted by molar-refractivity contribution is 9.10. The van der Waals surface area contributed by atoms with E-state index in [9.17, 15) is 9.18 Å². The molecular weight excluding hydrogens is 389 g/mol. The molecule has 2 rings (SSSR count). The highest BCUT2D eigenvalue weighted by Crippen LogP contribution is 2.37. The average Bonchev–Trinajstić information content (AvgIpc) is 2.48. The molecule has 0 aromatic heterocycles. The molecule has 2 nitrogen and oxygen atoms in total. The van der Waals surface area contributed by atoms with Crippen molar-refractivity contribution in [1.29, 1.82) is 0 Å². The van der Waals surface area contributed by atoms with Crippen molar-refractivity contribution in [1.82, 2.24) is 5.32 Å². The summed E-state index contributed by atoms with van der Waals surface area (Å²) in [6.07, 6.45) is 5.89. The maximum absolute atomic E-state index is 13.7. The molecule has 1 aromatic rings. The van der Waals surface area contributed by atoms with Crippen molar-refractivity contribution < 1.29 is 9.18 Å². The van der Waals surface area contributed by atoms with Gasteiger partial charge >= 0.3 is 0 Å². The molecule has 0 unspecified atom stereocenters. The summed E-state index contributed by atoms with van der Waals surface area (Å²) < 4.78 is 14.4. The van der Waals surface area contributed by atoms with Crippen LogP contribution >= 0.6 is 31.9 Å². The van der Waals surface area contributed by atoms with E-state index in [1.54, 1.807) is 6.07 Å². The largest absolute Gasteiger partial charge is 0.351 e. The summed E-state index contributed by atoms with van der Waals surface area (Å²) in [5.74, 6) is -0.822. The summed E-state index contributed by atoms with van der Waals surface area (Å²) >= 11 is 6.83. The Hall–Kier alpha value is -0.420. The number of rotatable bonds is 4. The minimum absolute atomic E-state index is 0.0971. The molecule has 0 saturated heterocycles. The zero-order chi connectivity index (χ0) is 14.6. The number of hydrogen-bond acceptors (Lipinski definition) is 1. The molecule has 0 heterocycles. The summed E-state index contributed by atoms with van der Waals surface area (Å²) in [4.78, 5) is 12.1. The minimum atomic E-state index is -0.484. The maximum atomic E-state index is 13.7. The van der Waals surface area contributed by atoms with Crippen LogP contribution in [-0.4, -0.2) is 17.8 Å². The molecule has 110 valence electrons. The third-order valence-electron chi connectivity index (χ3n) is 3.99. The van der Waals surface area contributed by atoms with Gasteiger partial charge < -0.3 is 5.32 Å². The van der Waals surface area contributed by atoms with Crippen molar-refractivity contribution in [2.45, 2.75) is 32.1 Å². The maximum Gasteiger partial charge on any atom is 0.254 e. The molecule has 1 N–H and O–H groups in total. The van der Waals surface area contributed by atoms with Crippen LogP contribution in [0, 0.1) is 11.2 Å². The van der Waals surface area contributed by atoms with Gasteiger partial charge in [0.1, 0.15) is 5.82 Å². The Kier molecular flexibility index (Phi) is 5.61. The van der Waals surface area contributed by atoms with E-state index in [0.29, 0.717) is 11.0 Å². The van der Waals surface area contributed by atoms with Crippen molar-refractivity contribution >= 4 is 37.8 Å². The smallest absolute Gasteiger partial charge is 0.254 e. The first kappa shape index (κ1) is 16.0. The number of hydrogen-bond donors (Lipinski definition) is 1. The molecule has 1 aromatic carbocycles. The standard InChI is InChI=1S/C15H18Br2FNO/c16-9-15(6-2-1-3-7-15)10-19-14(20)12-8-11(17)4-5-13(12)18/h4-5,8H,1-3,6-7,9-10H2,(H,19,20). The molecule has 0 aliphatic heterocycles. The third kappa shape index (κ3) is 3.82. The summed E-state index contributed by atoms with van der Waals surface area (Å²) in [7, 11) is 0. The van der Waals surface area contributed by atoms with Gasteiger partial charge in [-0.3, -0.25) is 4.79 Å². The van der Waals surface area contributed by atoms with Crippen LogP contribution in [0.25, 0.3) is 0 Å². The van der Waals surface area contributed by atoms with Gasteiger partial charge in [0.05, 0.1) is 5.56 Å². The fourth-order valence-electron chi connectivity index (χ4n) is 2.69. The second-order valence-corrected chi connectivity index (χ2v) is 6.98.